The standard InChI is InChI=1S/C16H22N2O5/c1-23-14-11-12(19)8-9-13(14)16(21)17-10-6-4-2-3-5-7-15(20)18-22/h8-9,11,19H,2-7,10H2,1H3,(H,17,21). The van der Waals surface area contributed by atoms with E-state index >= 15 is 0 Å². The van der Waals surface area contributed by atoms with Gasteiger partial charge in [-0.25, -0.2) is 0 Å². The molecule has 7 heteroatoms. The van der Waals surface area contributed by atoms with Crippen LogP contribution in [0.3, 0.4) is 0 Å². The predicted molar refractivity (Wildman–Crippen MR) is 85.5 cm³/mol. The first-order valence-corrected chi connectivity index (χ1v) is 7.60. The smallest absolute Gasteiger partial charge is 0.286 e. The summed E-state index contributed by atoms with van der Waals surface area (Å²) in [5.41, 5.74) is 0.380. The zero-order chi connectivity index (χ0) is 17.1. The molecule has 1 rings (SSSR count). The summed E-state index contributed by atoms with van der Waals surface area (Å²) >= 11 is 0. The summed E-state index contributed by atoms with van der Waals surface area (Å²) in [6.45, 7) is 0.539. The van der Waals surface area contributed by atoms with Crippen LogP contribution in [0.1, 0.15) is 48.9 Å². The Bertz CT molecular complexity index is 545. The molecule has 0 fully saturated rings. The number of unbranched alkanes of at least 4 members (excludes halogenated alkanes) is 4. The number of aromatic hydroxyl groups is 1. The lowest BCUT2D eigenvalue weighted by Crippen LogP contribution is -2.24. The number of benzene rings is 1. The van der Waals surface area contributed by atoms with Crippen molar-refractivity contribution in [3.8, 4) is 11.5 Å². The van der Waals surface area contributed by atoms with Crippen molar-refractivity contribution in [2.45, 2.75) is 38.5 Å². The van der Waals surface area contributed by atoms with Crippen LogP contribution in [0.4, 0.5) is 0 Å². The van der Waals surface area contributed by atoms with Crippen LogP contribution in [0.25, 0.3) is 0 Å². The van der Waals surface area contributed by atoms with E-state index in [1.807, 2.05) is 0 Å². The third-order valence-corrected chi connectivity index (χ3v) is 3.38. The summed E-state index contributed by atoms with van der Waals surface area (Å²) in [6.07, 6.45) is 4.43. The summed E-state index contributed by atoms with van der Waals surface area (Å²) in [6, 6.07) is 4.35. The highest BCUT2D eigenvalue weighted by Gasteiger charge is 2.12. The Morgan fingerprint density at radius 1 is 1.17 bits per heavy atom. The Morgan fingerprint density at radius 3 is 2.57 bits per heavy atom. The van der Waals surface area contributed by atoms with Crippen molar-refractivity contribution in [1.29, 1.82) is 0 Å². The van der Waals surface area contributed by atoms with Crippen molar-refractivity contribution >= 4 is 11.8 Å². The summed E-state index contributed by atoms with van der Waals surface area (Å²) in [5, 5.41) is 14.5. The van der Waals surface area contributed by atoms with Gasteiger partial charge in [0, 0.05) is 24.2 Å². The van der Waals surface area contributed by atoms with Crippen LogP contribution >= 0.6 is 0 Å². The number of nitrogens with zero attached hydrogens (tertiary/aromatic N) is 1. The molecule has 0 radical (unpaired) electrons. The summed E-state index contributed by atoms with van der Waals surface area (Å²) in [7, 11) is 1.44. The molecule has 126 valence electrons. The van der Waals surface area contributed by atoms with Crippen LogP contribution in [0.5, 0.6) is 11.5 Å². The highest BCUT2D eigenvalue weighted by Crippen LogP contribution is 2.23. The van der Waals surface area contributed by atoms with E-state index < -0.39 is 5.91 Å². The van der Waals surface area contributed by atoms with Gasteiger partial charge in [0.15, 0.2) is 0 Å². The number of carbonyl (C=O) groups is 2. The maximum Gasteiger partial charge on any atom is 0.286 e. The van der Waals surface area contributed by atoms with E-state index in [0.29, 0.717) is 24.3 Å². The number of carbonyl (C=O) groups excluding carboxylic acids is 2. The minimum atomic E-state index is -0.597. The molecule has 7 nitrogen and oxygen atoms in total. The molecule has 0 saturated carbocycles. The normalized spacial score (nSPS) is 10.1. The fraction of sp³-hybridized carbons (Fsp3) is 0.500. The number of hydrogen-bond donors (Lipinski definition) is 2. The van der Waals surface area contributed by atoms with E-state index in [2.05, 4.69) is 10.5 Å². The molecule has 0 aliphatic rings. The molecule has 0 aliphatic carbocycles. The van der Waals surface area contributed by atoms with Gasteiger partial charge >= 0.3 is 0 Å². The molecule has 2 amide bonds. The first-order chi connectivity index (χ1) is 11.1. The van der Waals surface area contributed by atoms with Crippen molar-refractivity contribution in [2.75, 3.05) is 13.7 Å². The molecule has 0 heterocycles. The maximum absolute atomic E-state index is 12.0. The van der Waals surface area contributed by atoms with Crippen molar-refractivity contribution in [2.24, 2.45) is 5.18 Å². The fourth-order valence-electron chi connectivity index (χ4n) is 2.14. The van der Waals surface area contributed by atoms with Gasteiger partial charge < -0.3 is 15.2 Å². The molecule has 0 aliphatic heterocycles. The minimum Gasteiger partial charge on any atom is -0.508 e. The van der Waals surface area contributed by atoms with Crippen LogP contribution in [-0.4, -0.2) is 30.6 Å². The first kappa shape index (κ1) is 18.6. The van der Waals surface area contributed by atoms with Gasteiger partial charge in [-0.15, -0.1) is 4.91 Å². The van der Waals surface area contributed by atoms with Gasteiger partial charge in [0.2, 0.25) is 0 Å². The molecule has 23 heavy (non-hydrogen) atoms. The topological polar surface area (TPSA) is 105 Å². The summed E-state index contributed by atoms with van der Waals surface area (Å²) < 4.78 is 5.07. The lowest BCUT2D eigenvalue weighted by atomic mass is 10.1. The Kier molecular flexibility index (Phi) is 8.34. The van der Waals surface area contributed by atoms with Crippen LogP contribution in [0.2, 0.25) is 0 Å². The van der Waals surface area contributed by atoms with Crippen LogP contribution in [0, 0.1) is 4.91 Å². The van der Waals surface area contributed by atoms with E-state index in [1.165, 1.54) is 25.3 Å². The van der Waals surface area contributed by atoms with E-state index in [9.17, 15) is 19.6 Å². The first-order valence-electron chi connectivity index (χ1n) is 7.60. The van der Waals surface area contributed by atoms with Crippen LogP contribution in [0.15, 0.2) is 23.4 Å². The Hall–Kier alpha value is -2.44. The van der Waals surface area contributed by atoms with Gasteiger partial charge in [0.25, 0.3) is 11.8 Å². The fourth-order valence-corrected chi connectivity index (χ4v) is 2.14. The second-order valence-electron chi connectivity index (χ2n) is 5.14. The molecule has 2 N–H and O–H groups in total. The number of phenols is 1. The molecular formula is C16H22N2O5. The highest BCUT2D eigenvalue weighted by molar-refractivity contribution is 5.97. The maximum atomic E-state index is 12.0. The van der Waals surface area contributed by atoms with Crippen molar-refractivity contribution < 1.29 is 19.4 Å². The van der Waals surface area contributed by atoms with Gasteiger partial charge in [-0.3, -0.25) is 9.59 Å². The van der Waals surface area contributed by atoms with E-state index in [0.717, 1.165) is 25.7 Å². The number of methoxy groups -OCH3 is 1. The molecular weight excluding hydrogens is 300 g/mol. The van der Waals surface area contributed by atoms with E-state index in [1.54, 1.807) is 0 Å². The molecule has 0 unspecified atom stereocenters. The number of phenolic OH excluding ortho intramolecular Hbond substituents is 1. The van der Waals surface area contributed by atoms with E-state index in [4.69, 9.17) is 4.74 Å². The molecule has 1 aromatic rings. The molecule has 0 aromatic heterocycles. The summed E-state index contributed by atoms with van der Waals surface area (Å²) in [5.74, 6) is -0.470. The van der Waals surface area contributed by atoms with Gasteiger partial charge in [-0.1, -0.05) is 19.3 Å². The third kappa shape index (κ3) is 6.90. The zero-order valence-corrected chi connectivity index (χ0v) is 13.2. The van der Waals surface area contributed by atoms with Gasteiger partial charge in [0.1, 0.15) is 11.5 Å². The molecule has 0 atom stereocenters. The largest absolute Gasteiger partial charge is 0.508 e. The van der Waals surface area contributed by atoms with Gasteiger partial charge in [-0.2, -0.15) is 0 Å². The van der Waals surface area contributed by atoms with Crippen molar-refractivity contribution in [3.63, 3.8) is 0 Å². The number of hydrogen-bond acceptors (Lipinski definition) is 5. The Morgan fingerprint density at radius 2 is 1.87 bits per heavy atom. The number of amides is 2. The van der Waals surface area contributed by atoms with Crippen LogP contribution < -0.4 is 10.1 Å². The highest BCUT2D eigenvalue weighted by atomic mass is 16.5. The number of nitrogens with one attached hydrogen (secondary N) is 1. The van der Waals surface area contributed by atoms with Crippen molar-refractivity contribution in [3.05, 3.63) is 28.7 Å². The lowest BCUT2D eigenvalue weighted by molar-refractivity contribution is -0.118. The second kappa shape index (κ2) is 10.3. The quantitative estimate of drug-likeness (QED) is 0.509. The number of ether oxygens (including phenoxy) is 1. The molecule has 0 bridgehead atoms. The van der Waals surface area contributed by atoms with Crippen LogP contribution in [-0.2, 0) is 4.79 Å². The molecule has 0 saturated heterocycles. The number of rotatable bonds is 10. The molecule has 1 aromatic carbocycles. The summed E-state index contributed by atoms with van der Waals surface area (Å²) in [4.78, 5) is 32.6. The second-order valence-corrected chi connectivity index (χ2v) is 5.14. The molecule has 0 spiro atoms. The van der Waals surface area contributed by atoms with E-state index in [-0.39, 0.29) is 18.1 Å². The average molecular weight is 322 g/mol. The Balaban J connectivity index is 2.20. The minimum absolute atomic E-state index is 0.0432. The zero-order valence-electron chi connectivity index (χ0n) is 13.2. The lowest BCUT2D eigenvalue weighted by Gasteiger charge is -2.09. The van der Waals surface area contributed by atoms with Gasteiger partial charge in [-0.05, 0) is 25.0 Å². The van der Waals surface area contributed by atoms with Gasteiger partial charge in [0.05, 0.1) is 12.7 Å². The van der Waals surface area contributed by atoms with Crippen molar-refractivity contribution in [1.82, 2.24) is 5.32 Å². The SMILES string of the molecule is COc1cc(O)ccc1C(=O)NCCCCCCCC(=O)N=O. The Labute approximate surface area is 135 Å². The monoisotopic (exact) mass is 322 g/mol. The average Bonchev–Trinajstić information content (AvgIpc) is 2.56. The predicted octanol–water partition coefficient (Wildman–Crippen LogP) is 2.76. The number of nitroso groups, excluding NO2 is 1. The third-order valence-electron chi connectivity index (χ3n) is 3.38.